The molecule has 0 radical (unpaired) electrons. The summed E-state index contributed by atoms with van der Waals surface area (Å²) in [6, 6.07) is 22.4. The van der Waals surface area contributed by atoms with Crippen molar-refractivity contribution >= 4 is 41.3 Å². The van der Waals surface area contributed by atoms with Gasteiger partial charge in [-0.3, -0.25) is 24.1 Å². The van der Waals surface area contributed by atoms with Crippen LogP contribution in [0.25, 0.3) is 0 Å². The van der Waals surface area contributed by atoms with Crippen LogP contribution in [0.1, 0.15) is 67.7 Å². The highest BCUT2D eigenvalue weighted by Gasteiger charge is 2.51. The molecule has 4 amide bonds. The van der Waals surface area contributed by atoms with Gasteiger partial charge in [-0.05, 0) is 79.7 Å². The van der Waals surface area contributed by atoms with Crippen molar-refractivity contribution in [2.75, 3.05) is 25.2 Å². The first-order valence-corrected chi connectivity index (χ1v) is 16.1. The number of hydrogen-bond acceptors (Lipinski definition) is 11. The lowest BCUT2D eigenvalue weighted by atomic mass is 10.1. The molecule has 0 N–H and O–H groups in total. The van der Waals surface area contributed by atoms with Crippen molar-refractivity contribution in [3.63, 3.8) is 0 Å². The second kappa shape index (κ2) is 12.3. The predicted octanol–water partition coefficient (Wildman–Crippen LogP) is 4.36. The molecule has 2 fully saturated rings. The number of rotatable bonds is 7. The smallest absolute Gasteiger partial charge is 0.338 e. The van der Waals surface area contributed by atoms with Crippen molar-refractivity contribution in [3.8, 4) is 11.5 Å². The number of ether oxygens (including phenoxy) is 5. The molecule has 0 saturated carbocycles. The van der Waals surface area contributed by atoms with Gasteiger partial charge < -0.3 is 23.7 Å². The third-order valence-electron chi connectivity index (χ3n) is 9.28. The fraction of sp³-hybridized carbons (Fsp3) is 0.211. The summed E-state index contributed by atoms with van der Waals surface area (Å²) in [6.45, 7) is 1.92. The molecular weight excluding hydrogens is 660 g/mol. The minimum Gasteiger partial charge on any atom is -0.457 e. The summed E-state index contributed by atoms with van der Waals surface area (Å²) in [5.74, 6) is -2.38. The number of amides is 4. The number of benzene rings is 4. The van der Waals surface area contributed by atoms with E-state index >= 15 is 0 Å². The number of aryl methyl sites for hydroxylation is 1. The number of anilines is 1. The van der Waals surface area contributed by atoms with Crippen LogP contribution in [0.4, 0.5) is 5.69 Å². The van der Waals surface area contributed by atoms with Crippen LogP contribution in [0.5, 0.6) is 11.5 Å². The van der Waals surface area contributed by atoms with Gasteiger partial charge in [-0.15, -0.1) is 0 Å². The summed E-state index contributed by atoms with van der Waals surface area (Å²) in [6.07, 6.45) is -3.12. The zero-order chi connectivity index (χ0) is 35.6. The van der Waals surface area contributed by atoms with Gasteiger partial charge in [-0.25, -0.2) is 14.5 Å². The molecule has 4 aromatic carbocycles. The van der Waals surface area contributed by atoms with Crippen LogP contribution in [0, 0.1) is 6.92 Å². The van der Waals surface area contributed by atoms with Crippen LogP contribution < -0.4 is 9.64 Å². The first-order valence-electron chi connectivity index (χ1n) is 16.1. The van der Waals surface area contributed by atoms with Gasteiger partial charge in [0.1, 0.15) is 23.7 Å². The lowest BCUT2D eigenvalue weighted by Gasteiger charge is -2.17. The Morgan fingerprint density at radius 1 is 0.608 bits per heavy atom. The monoisotopic (exact) mass is 688 g/mol. The molecular formula is C38H28N2O11. The van der Waals surface area contributed by atoms with E-state index in [0.717, 1.165) is 15.4 Å². The van der Waals surface area contributed by atoms with Crippen LogP contribution in [-0.4, -0.2) is 85.1 Å². The molecule has 51 heavy (non-hydrogen) atoms. The summed E-state index contributed by atoms with van der Waals surface area (Å²) in [4.78, 5) is 79.4. The summed E-state index contributed by atoms with van der Waals surface area (Å²) in [7, 11) is 1.36. The quantitative estimate of drug-likeness (QED) is 0.201. The van der Waals surface area contributed by atoms with Gasteiger partial charge in [0.15, 0.2) is 12.2 Å². The molecule has 2 saturated heterocycles. The molecule has 256 valence electrons. The Kier molecular flexibility index (Phi) is 7.73. The van der Waals surface area contributed by atoms with Gasteiger partial charge in [-0.2, -0.15) is 0 Å². The molecule has 4 aliphatic heterocycles. The number of imide groups is 2. The number of carbonyl (C=O) groups is 6. The standard InChI is InChI=1S/C38H28N2O11/c1-19-3-9-23(10-4-19)49-24-11-7-22(8-12-24)40-35(43)26-14-6-21(16-28(26)36(40)44)38(46)51-30-18-48-31-29(17-47-32(30)31)50-37(45)20-5-13-25-27(15-20)34(42)39(2)33(25)41/h3-16,29-32H,17-18H2,1-2H3/t29-,30+,31-,32-/m1/s1. The Balaban J connectivity index is 0.899. The van der Waals surface area contributed by atoms with E-state index in [9.17, 15) is 28.8 Å². The van der Waals surface area contributed by atoms with Crippen molar-refractivity contribution in [1.29, 1.82) is 0 Å². The summed E-state index contributed by atoms with van der Waals surface area (Å²) < 4.78 is 28.8. The first-order chi connectivity index (χ1) is 24.6. The fourth-order valence-corrected chi connectivity index (χ4v) is 6.54. The van der Waals surface area contributed by atoms with Crippen LogP contribution in [0.15, 0.2) is 84.9 Å². The minimum absolute atomic E-state index is 0.0232. The number of nitrogens with zero attached hydrogens (tertiary/aromatic N) is 2. The highest BCUT2D eigenvalue weighted by atomic mass is 16.7. The molecule has 4 atom stereocenters. The summed E-state index contributed by atoms with van der Waals surface area (Å²) in [5, 5.41) is 0. The minimum atomic E-state index is -0.840. The zero-order valence-corrected chi connectivity index (χ0v) is 27.2. The Labute approximate surface area is 290 Å². The highest BCUT2D eigenvalue weighted by Crippen LogP contribution is 2.34. The Bertz CT molecular complexity index is 2160. The SMILES string of the molecule is Cc1ccc(Oc2ccc(N3C(=O)c4ccc(C(=O)O[C@H]5CO[C@H]6[C@@H]5OC[C@H]6OC(=O)c5ccc6c(c5)C(=O)N(C)C6=O)cc4C3=O)cc2)cc1. The van der Waals surface area contributed by atoms with E-state index in [0.29, 0.717) is 17.2 Å². The van der Waals surface area contributed by atoms with Crippen molar-refractivity contribution in [1.82, 2.24) is 4.90 Å². The van der Waals surface area contributed by atoms with Crippen molar-refractivity contribution in [2.24, 2.45) is 0 Å². The molecule has 4 heterocycles. The second-order valence-electron chi connectivity index (χ2n) is 12.5. The molecule has 0 aliphatic carbocycles. The van der Waals surface area contributed by atoms with Crippen LogP contribution >= 0.6 is 0 Å². The van der Waals surface area contributed by atoms with Gasteiger partial charge in [0.2, 0.25) is 0 Å². The second-order valence-corrected chi connectivity index (χ2v) is 12.5. The maximum Gasteiger partial charge on any atom is 0.338 e. The topological polar surface area (TPSA) is 155 Å². The molecule has 0 spiro atoms. The summed E-state index contributed by atoms with van der Waals surface area (Å²) >= 11 is 0. The molecule has 13 nitrogen and oxygen atoms in total. The van der Waals surface area contributed by atoms with Crippen molar-refractivity contribution in [2.45, 2.75) is 31.3 Å². The maximum absolute atomic E-state index is 13.4. The zero-order valence-electron chi connectivity index (χ0n) is 27.2. The van der Waals surface area contributed by atoms with Gasteiger partial charge in [0.05, 0.1) is 52.3 Å². The van der Waals surface area contributed by atoms with Gasteiger partial charge >= 0.3 is 11.9 Å². The third-order valence-corrected chi connectivity index (χ3v) is 9.28. The van der Waals surface area contributed by atoms with Crippen LogP contribution in [0.3, 0.4) is 0 Å². The van der Waals surface area contributed by atoms with E-state index in [2.05, 4.69) is 0 Å². The molecule has 13 heteroatoms. The Hall–Kier alpha value is -6.18. The van der Waals surface area contributed by atoms with Gasteiger partial charge in [0, 0.05) is 7.05 Å². The van der Waals surface area contributed by atoms with Crippen LogP contribution in [0.2, 0.25) is 0 Å². The van der Waals surface area contributed by atoms with E-state index in [-0.39, 0.29) is 46.6 Å². The maximum atomic E-state index is 13.4. The summed E-state index contributed by atoms with van der Waals surface area (Å²) in [5.41, 5.74) is 2.11. The molecule has 0 aromatic heterocycles. The number of esters is 2. The van der Waals surface area contributed by atoms with Crippen molar-refractivity contribution < 1.29 is 52.5 Å². The molecule has 0 unspecified atom stereocenters. The molecule has 8 rings (SSSR count). The number of hydrogen-bond donors (Lipinski definition) is 0. The van der Waals surface area contributed by atoms with Gasteiger partial charge in [0.25, 0.3) is 23.6 Å². The lowest BCUT2D eigenvalue weighted by Crippen LogP contribution is -2.36. The Morgan fingerprint density at radius 3 is 1.61 bits per heavy atom. The Morgan fingerprint density at radius 2 is 1.06 bits per heavy atom. The normalized spacial score (nSPS) is 21.8. The van der Waals surface area contributed by atoms with Gasteiger partial charge in [-0.1, -0.05) is 17.7 Å². The predicted molar refractivity (Wildman–Crippen MR) is 176 cm³/mol. The van der Waals surface area contributed by atoms with E-state index in [4.69, 9.17) is 23.7 Å². The fourth-order valence-electron chi connectivity index (χ4n) is 6.54. The number of carbonyl (C=O) groups excluding carboxylic acids is 6. The van der Waals surface area contributed by atoms with E-state index in [1.165, 1.54) is 43.4 Å². The van der Waals surface area contributed by atoms with E-state index < -0.39 is 60.0 Å². The highest BCUT2D eigenvalue weighted by molar-refractivity contribution is 6.34. The van der Waals surface area contributed by atoms with E-state index in [1.807, 2.05) is 31.2 Å². The average Bonchev–Trinajstić information content (AvgIpc) is 3.85. The third kappa shape index (κ3) is 5.52. The number of fused-ring (bicyclic) bond motifs is 3. The molecule has 4 aromatic rings. The molecule has 0 bridgehead atoms. The first kappa shape index (κ1) is 32.0. The van der Waals surface area contributed by atoms with Crippen LogP contribution in [-0.2, 0) is 18.9 Å². The van der Waals surface area contributed by atoms with E-state index in [1.54, 1.807) is 24.3 Å². The lowest BCUT2D eigenvalue weighted by molar-refractivity contribution is -0.0287. The largest absolute Gasteiger partial charge is 0.457 e. The van der Waals surface area contributed by atoms with Crippen molar-refractivity contribution in [3.05, 3.63) is 124 Å². The molecule has 4 aliphatic rings. The average molecular weight is 689 g/mol.